The Morgan fingerprint density at radius 3 is 2.43 bits per heavy atom. The van der Waals surface area contributed by atoms with Gasteiger partial charge in [0, 0.05) is 37.6 Å². The number of nitrogens with one attached hydrogen (secondary N) is 2. The van der Waals surface area contributed by atoms with Crippen molar-refractivity contribution in [3.8, 4) is 0 Å². The predicted octanol–water partition coefficient (Wildman–Crippen LogP) is 1.92. The second-order valence-corrected chi connectivity index (χ2v) is 7.57. The Balaban J connectivity index is 1.24. The van der Waals surface area contributed by atoms with E-state index in [1.165, 1.54) is 5.69 Å². The Labute approximate surface area is 164 Å². The second kappa shape index (κ2) is 8.06. The lowest BCUT2D eigenvalue weighted by molar-refractivity contribution is -0.125. The lowest BCUT2D eigenvalue weighted by atomic mass is 10.2. The van der Waals surface area contributed by atoms with Gasteiger partial charge in [0.15, 0.2) is 0 Å². The summed E-state index contributed by atoms with van der Waals surface area (Å²) in [6.45, 7) is 4.50. The monoisotopic (exact) mass is 382 g/mol. The molecule has 0 spiro atoms. The minimum absolute atomic E-state index is 0.0921. The minimum atomic E-state index is -0.256. The third-order valence-corrected chi connectivity index (χ3v) is 5.48. The van der Waals surface area contributed by atoms with Gasteiger partial charge in [0.05, 0.1) is 24.6 Å². The zero-order chi connectivity index (χ0) is 19.5. The molecule has 2 amide bonds. The van der Waals surface area contributed by atoms with Crippen LogP contribution >= 0.6 is 0 Å². The van der Waals surface area contributed by atoms with E-state index in [1.54, 1.807) is 12.3 Å². The number of furan rings is 1. The van der Waals surface area contributed by atoms with E-state index >= 15 is 0 Å². The van der Waals surface area contributed by atoms with Crippen molar-refractivity contribution >= 4 is 23.2 Å². The van der Waals surface area contributed by atoms with Crippen molar-refractivity contribution in [3.05, 3.63) is 48.4 Å². The Hall–Kier alpha value is -2.80. The van der Waals surface area contributed by atoms with Gasteiger partial charge in [0.1, 0.15) is 5.76 Å². The Kier molecular flexibility index (Phi) is 5.34. The van der Waals surface area contributed by atoms with Crippen molar-refractivity contribution in [1.82, 2.24) is 10.2 Å². The van der Waals surface area contributed by atoms with Crippen LogP contribution in [0, 0.1) is 11.8 Å². The quantitative estimate of drug-likeness (QED) is 0.798. The Bertz CT molecular complexity index is 811. The maximum atomic E-state index is 12.4. The second-order valence-electron chi connectivity index (χ2n) is 7.57. The number of hydrogen-bond acceptors (Lipinski definition) is 5. The number of piperazine rings is 1. The molecule has 1 saturated carbocycles. The van der Waals surface area contributed by atoms with Gasteiger partial charge in [0.2, 0.25) is 11.8 Å². The highest BCUT2D eigenvalue weighted by atomic mass is 16.3. The van der Waals surface area contributed by atoms with Crippen molar-refractivity contribution in [2.24, 2.45) is 11.8 Å². The number of hydrogen-bond donors (Lipinski definition) is 2. The van der Waals surface area contributed by atoms with Crippen molar-refractivity contribution < 1.29 is 14.0 Å². The topological polar surface area (TPSA) is 77.8 Å². The summed E-state index contributed by atoms with van der Waals surface area (Å²) in [6.07, 6.45) is 2.17. The number of amides is 2. The summed E-state index contributed by atoms with van der Waals surface area (Å²) >= 11 is 0. The fraction of sp³-hybridized carbons (Fsp3) is 0.429. The van der Waals surface area contributed by atoms with Gasteiger partial charge < -0.3 is 24.9 Å². The maximum Gasteiger partial charge on any atom is 0.228 e. The van der Waals surface area contributed by atoms with Crippen LogP contribution in [0.1, 0.15) is 12.2 Å². The molecule has 0 radical (unpaired) electrons. The van der Waals surface area contributed by atoms with Gasteiger partial charge in [-0.25, -0.2) is 0 Å². The van der Waals surface area contributed by atoms with Gasteiger partial charge in [-0.2, -0.15) is 0 Å². The molecule has 1 aliphatic carbocycles. The highest BCUT2D eigenvalue weighted by Crippen LogP contribution is 2.39. The van der Waals surface area contributed by atoms with E-state index in [0.717, 1.165) is 31.9 Å². The van der Waals surface area contributed by atoms with Crippen LogP contribution in [-0.4, -0.2) is 49.9 Å². The average Bonchev–Trinajstić information content (AvgIpc) is 3.35. The van der Waals surface area contributed by atoms with Gasteiger partial charge in [-0.15, -0.1) is 0 Å². The molecule has 2 aliphatic rings. The first-order chi connectivity index (χ1) is 13.6. The molecular formula is C21H26N4O3. The van der Waals surface area contributed by atoms with Gasteiger partial charge >= 0.3 is 0 Å². The molecule has 7 heteroatoms. The molecular weight excluding hydrogens is 356 g/mol. The summed E-state index contributed by atoms with van der Waals surface area (Å²) < 4.78 is 5.20. The average molecular weight is 382 g/mol. The van der Waals surface area contributed by atoms with Crippen LogP contribution in [0.4, 0.5) is 11.4 Å². The van der Waals surface area contributed by atoms with Crippen molar-refractivity contribution in [3.63, 3.8) is 0 Å². The van der Waals surface area contributed by atoms with E-state index in [9.17, 15) is 9.59 Å². The molecule has 7 nitrogen and oxygen atoms in total. The summed E-state index contributed by atoms with van der Waals surface area (Å²) in [5.41, 5.74) is 1.94. The third kappa shape index (κ3) is 4.36. The van der Waals surface area contributed by atoms with E-state index in [4.69, 9.17) is 4.42 Å². The number of nitrogens with zero attached hydrogens (tertiary/aromatic N) is 2. The van der Waals surface area contributed by atoms with Gasteiger partial charge in [-0.3, -0.25) is 9.59 Å². The van der Waals surface area contributed by atoms with Crippen LogP contribution < -0.4 is 15.5 Å². The Morgan fingerprint density at radius 2 is 1.75 bits per heavy atom. The maximum absolute atomic E-state index is 12.4. The number of anilines is 2. The minimum Gasteiger partial charge on any atom is -0.467 e. The van der Waals surface area contributed by atoms with Crippen LogP contribution in [0.25, 0.3) is 0 Å². The van der Waals surface area contributed by atoms with E-state index in [1.807, 2.05) is 30.3 Å². The summed E-state index contributed by atoms with van der Waals surface area (Å²) in [6, 6.07) is 11.5. The van der Waals surface area contributed by atoms with Gasteiger partial charge in [-0.05, 0) is 49.9 Å². The molecule has 2 N–H and O–H groups in total. The van der Waals surface area contributed by atoms with Crippen LogP contribution in [0.3, 0.4) is 0 Å². The third-order valence-electron chi connectivity index (χ3n) is 5.48. The first kappa shape index (κ1) is 18.6. The zero-order valence-corrected chi connectivity index (χ0v) is 16.1. The van der Waals surface area contributed by atoms with Crippen molar-refractivity contribution in [2.75, 3.05) is 43.4 Å². The number of carbonyl (C=O) groups is 2. The standard InChI is InChI=1S/C21H26N4O3/c1-24-8-10-25(11-9-24)16-6-4-15(5-7-16)23-21(27)19-13-18(19)20(26)22-14-17-3-2-12-28-17/h2-7,12,18-19H,8-11,13-14H2,1H3,(H,22,26)(H,23,27). The SMILES string of the molecule is CN1CCN(c2ccc(NC(=O)C3CC3C(=O)NCc3ccco3)cc2)CC1. The highest BCUT2D eigenvalue weighted by Gasteiger charge is 2.47. The lowest BCUT2D eigenvalue weighted by Crippen LogP contribution is -2.44. The molecule has 2 aromatic rings. The van der Waals surface area contributed by atoms with Crippen LogP contribution in [0.2, 0.25) is 0 Å². The number of benzene rings is 1. The summed E-state index contributed by atoms with van der Waals surface area (Å²) in [7, 11) is 2.14. The fourth-order valence-corrected chi connectivity index (χ4v) is 3.55. The largest absolute Gasteiger partial charge is 0.467 e. The first-order valence-corrected chi connectivity index (χ1v) is 9.74. The predicted molar refractivity (Wildman–Crippen MR) is 107 cm³/mol. The molecule has 1 saturated heterocycles. The Morgan fingerprint density at radius 1 is 1.04 bits per heavy atom. The molecule has 1 aromatic carbocycles. The summed E-state index contributed by atoms with van der Waals surface area (Å²) in [4.78, 5) is 29.3. The highest BCUT2D eigenvalue weighted by molar-refractivity contribution is 5.99. The molecule has 1 aromatic heterocycles. The molecule has 2 unspecified atom stereocenters. The normalized spacial score (nSPS) is 22.0. The zero-order valence-electron chi connectivity index (χ0n) is 16.1. The lowest BCUT2D eigenvalue weighted by Gasteiger charge is -2.34. The van der Waals surface area contributed by atoms with E-state index < -0.39 is 0 Å². The number of likely N-dealkylation sites (N-methyl/N-ethyl adjacent to an activating group) is 1. The molecule has 28 heavy (non-hydrogen) atoms. The first-order valence-electron chi connectivity index (χ1n) is 9.74. The molecule has 2 fully saturated rings. The van der Waals surface area contributed by atoms with Crippen molar-refractivity contribution in [1.29, 1.82) is 0 Å². The van der Waals surface area contributed by atoms with Crippen molar-refractivity contribution in [2.45, 2.75) is 13.0 Å². The van der Waals surface area contributed by atoms with Crippen LogP contribution in [-0.2, 0) is 16.1 Å². The van der Waals surface area contributed by atoms with E-state index in [0.29, 0.717) is 18.7 Å². The van der Waals surface area contributed by atoms with Gasteiger partial charge in [0.25, 0.3) is 0 Å². The molecule has 2 atom stereocenters. The van der Waals surface area contributed by atoms with Crippen LogP contribution in [0.5, 0.6) is 0 Å². The van der Waals surface area contributed by atoms with Gasteiger partial charge in [-0.1, -0.05) is 0 Å². The molecule has 2 heterocycles. The smallest absolute Gasteiger partial charge is 0.228 e. The molecule has 4 rings (SSSR count). The van der Waals surface area contributed by atoms with Crippen LogP contribution in [0.15, 0.2) is 47.1 Å². The van der Waals surface area contributed by atoms with E-state index in [2.05, 4.69) is 27.5 Å². The molecule has 1 aliphatic heterocycles. The summed E-state index contributed by atoms with van der Waals surface area (Å²) in [5.74, 6) is 0.0105. The number of rotatable bonds is 6. The molecule has 0 bridgehead atoms. The van der Waals surface area contributed by atoms with E-state index in [-0.39, 0.29) is 23.7 Å². The molecule has 148 valence electrons. The number of carbonyl (C=O) groups excluding carboxylic acids is 2. The summed E-state index contributed by atoms with van der Waals surface area (Å²) in [5, 5.41) is 5.75. The fourth-order valence-electron chi connectivity index (χ4n) is 3.55.